The molecule has 0 aliphatic heterocycles. The number of halogens is 4. The molecule has 0 unspecified atom stereocenters. The first-order valence-corrected chi connectivity index (χ1v) is 17.0. The minimum absolute atomic E-state index is 0.0146. The molecule has 0 N–H and O–H groups in total. The van der Waals surface area contributed by atoms with Crippen molar-refractivity contribution >= 4 is 33.4 Å². The van der Waals surface area contributed by atoms with Gasteiger partial charge < -0.3 is 15.5 Å². The SMILES string of the molecule is F[S-2](F)(F)F.c1ccc([S+](c2ccccc2)c2ccccc2)cc1.c1ccc([S+](c2ccccc2)c2ccccc2)cc1. The first-order chi connectivity index (χ1) is 20.9. The molecule has 220 valence electrons. The van der Waals surface area contributed by atoms with Crippen LogP contribution < -0.4 is 0 Å². The number of benzene rings is 6. The molecule has 0 aliphatic carbocycles. The number of hydrogen-bond donors (Lipinski definition) is 0. The van der Waals surface area contributed by atoms with Crippen LogP contribution in [0.5, 0.6) is 0 Å². The van der Waals surface area contributed by atoms with Gasteiger partial charge in [0.05, 0.1) is 21.8 Å². The second-order valence-electron chi connectivity index (χ2n) is 8.84. The van der Waals surface area contributed by atoms with E-state index in [0.717, 1.165) is 0 Å². The van der Waals surface area contributed by atoms with E-state index < -0.39 is 11.6 Å². The van der Waals surface area contributed by atoms with Gasteiger partial charge >= 0.3 is 0 Å². The van der Waals surface area contributed by atoms with E-state index in [4.69, 9.17) is 0 Å². The van der Waals surface area contributed by atoms with Crippen molar-refractivity contribution in [1.82, 2.24) is 0 Å². The highest BCUT2D eigenvalue weighted by atomic mass is 32.4. The van der Waals surface area contributed by atoms with E-state index in [9.17, 15) is 15.5 Å². The zero-order valence-electron chi connectivity index (χ0n) is 23.1. The Balaban J connectivity index is 0.000000171. The maximum atomic E-state index is 9.77. The quantitative estimate of drug-likeness (QED) is 0.126. The number of hydrogen-bond acceptors (Lipinski definition) is 0. The topological polar surface area (TPSA) is 0 Å². The Morgan fingerprint density at radius 3 is 0.488 bits per heavy atom. The maximum absolute atomic E-state index is 9.77. The van der Waals surface area contributed by atoms with Crippen LogP contribution in [-0.4, -0.2) is 0 Å². The van der Waals surface area contributed by atoms with Crippen LogP contribution in [0.25, 0.3) is 0 Å². The standard InChI is InChI=1S/2C18H15S.F4S/c2*1-4-10-16(11-5-1)19(17-12-6-2-7-13-17)18-14-8-3-9-15-18;1-5(2,3)4/h2*1-15H;/q2*+1;-2. The van der Waals surface area contributed by atoms with Gasteiger partial charge in [-0.15, -0.1) is 0 Å². The molecule has 0 heterocycles. The highest BCUT2D eigenvalue weighted by Crippen LogP contribution is 2.31. The van der Waals surface area contributed by atoms with Crippen LogP contribution in [0.3, 0.4) is 0 Å². The lowest BCUT2D eigenvalue weighted by molar-refractivity contribution is 0.526. The van der Waals surface area contributed by atoms with Gasteiger partial charge in [0.1, 0.15) is 0 Å². The molecule has 0 nitrogen and oxygen atoms in total. The molecule has 43 heavy (non-hydrogen) atoms. The second-order valence-corrected chi connectivity index (χ2v) is 13.6. The van der Waals surface area contributed by atoms with E-state index in [1.165, 1.54) is 29.4 Å². The van der Waals surface area contributed by atoms with Gasteiger partial charge in [-0.1, -0.05) is 109 Å². The monoisotopic (exact) mass is 634 g/mol. The molecular formula is C36H30F4S3. The Kier molecular flexibility index (Phi) is 12.4. The van der Waals surface area contributed by atoms with Crippen molar-refractivity contribution < 1.29 is 15.5 Å². The zero-order valence-corrected chi connectivity index (χ0v) is 25.5. The summed E-state index contributed by atoms with van der Waals surface area (Å²) in [4.78, 5) is 8.17. The fraction of sp³-hybridized carbons (Fsp3) is 0. The average Bonchev–Trinajstić information content (AvgIpc) is 3.04. The van der Waals surface area contributed by atoms with Crippen LogP contribution in [0, 0.1) is 0 Å². The molecule has 0 fully saturated rings. The Hall–Kier alpha value is -3.91. The van der Waals surface area contributed by atoms with Crippen LogP contribution in [0.1, 0.15) is 0 Å². The van der Waals surface area contributed by atoms with Crippen LogP contribution in [0.15, 0.2) is 211 Å². The minimum Gasteiger partial charge on any atom is -0.451 e. The third-order valence-corrected chi connectivity index (χ3v) is 10.3. The number of rotatable bonds is 6. The van der Waals surface area contributed by atoms with Crippen molar-refractivity contribution in [3.8, 4) is 0 Å². The summed E-state index contributed by atoms with van der Waals surface area (Å²) in [6.07, 6.45) is 0. The molecular weight excluding hydrogens is 605 g/mol. The molecule has 6 rings (SSSR count). The highest BCUT2D eigenvalue weighted by Gasteiger charge is 2.28. The first kappa shape index (κ1) is 32.0. The third-order valence-electron chi connectivity index (χ3n) is 5.87. The van der Waals surface area contributed by atoms with E-state index in [1.54, 1.807) is 0 Å². The van der Waals surface area contributed by atoms with E-state index in [0.29, 0.717) is 0 Å². The normalized spacial score (nSPS) is 11.1. The van der Waals surface area contributed by atoms with E-state index in [1.807, 2.05) is 0 Å². The van der Waals surface area contributed by atoms with Gasteiger partial charge in [0.25, 0.3) is 0 Å². The van der Waals surface area contributed by atoms with Crippen LogP contribution in [0.4, 0.5) is 15.5 Å². The van der Waals surface area contributed by atoms with Crippen LogP contribution in [0.2, 0.25) is 0 Å². The Bertz CT molecular complexity index is 1270. The molecule has 0 saturated heterocycles. The molecule has 0 aromatic heterocycles. The summed E-state index contributed by atoms with van der Waals surface area (Å²) in [7, 11) is -0.0293. The van der Waals surface area contributed by atoms with Gasteiger partial charge in [-0.2, -0.15) is 11.6 Å². The van der Waals surface area contributed by atoms with Gasteiger partial charge in [0, 0.05) is 0 Å². The summed E-state index contributed by atoms with van der Waals surface area (Å²) >= 11 is -6.17. The summed E-state index contributed by atoms with van der Waals surface area (Å²) in [5.41, 5.74) is 0. The molecule has 0 amide bonds. The van der Waals surface area contributed by atoms with Gasteiger partial charge in [0.2, 0.25) is 0 Å². The van der Waals surface area contributed by atoms with Gasteiger partial charge in [0.15, 0.2) is 29.4 Å². The smallest absolute Gasteiger partial charge is 0.166 e. The Labute approximate surface area is 259 Å². The molecule has 6 aromatic rings. The fourth-order valence-corrected chi connectivity index (χ4v) is 8.36. The molecule has 0 spiro atoms. The third kappa shape index (κ3) is 10.7. The lowest BCUT2D eigenvalue weighted by Gasteiger charge is -2.33. The van der Waals surface area contributed by atoms with Crippen molar-refractivity contribution in [3.63, 3.8) is 0 Å². The average molecular weight is 635 g/mol. The summed E-state index contributed by atoms with van der Waals surface area (Å²) in [6, 6.07) is 64.3. The highest BCUT2D eigenvalue weighted by molar-refractivity contribution is 7.97. The predicted octanol–water partition coefficient (Wildman–Crippen LogP) is 11.2. The van der Waals surface area contributed by atoms with Crippen molar-refractivity contribution in [3.05, 3.63) is 182 Å². The largest absolute Gasteiger partial charge is 0.451 e. The molecule has 7 heteroatoms. The maximum Gasteiger partial charge on any atom is 0.166 e. The summed E-state index contributed by atoms with van der Waals surface area (Å²) in [5.74, 6) is 0. The van der Waals surface area contributed by atoms with E-state index in [2.05, 4.69) is 182 Å². The minimum atomic E-state index is -6.17. The Morgan fingerprint density at radius 2 is 0.372 bits per heavy atom. The summed E-state index contributed by atoms with van der Waals surface area (Å²) < 4.78 is 39.1. The first-order valence-electron chi connectivity index (χ1n) is 13.3. The molecule has 0 atom stereocenters. The van der Waals surface area contributed by atoms with Crippen LogP contribution in [-0.2, 0) is 33.4 Å². The summed E-state index contributed by atoms with van der Waals surface area (Å²) in [6.45, 7) is 0. The van der Waals surface area contributed by atoms with Gasteiger partial charge in [-0.3, -0.25) is 0 Å². The van der Waals surface area contributed by atoms with E-state index >= 15 is 0 Å². The van der Waals surface area contributed by atoms with Gasteiger partial charge in [-0.25, -0.2) is 0 Å². The molecule has 0 radical (unpaired) electrons. The van der Waals surface area contributed by atoms with Crippen molar-refractivity contribution in [2.24, 2.45) is 0 Å². The van der Waals surface area contributed by atoms with Crippen molar-refractivity contribution in [2.45, 2.75) is 29.4 Å². The molecule has 0 aliphatic rings. The lowest BCUT2D eigenvalue weighted by Crippen LogP contribution is -2.04. The van der Waals surface area contributed by atoms with E-state index in [-0.39, 0.29) is 21.8 Å². The second kappa shape index (κ2) is 16.7. The van der Waals surface area contributed by atoms with Crippen LogP contribution >= 0.6 is 0 Å². The van der Waals surface area contributed by atoms with Crippen molar-refractivity contribution in [2.75, 3.05) is 0 Å². The Morgan fingerprint density at radius 1 is 0.256 bits per heavy atom. The van der Waals surface area contributed by atoms with Crippen molar-refractivity contribution in [1.29, 1.82) is 0 Å². The summed E-state index contributed by atoms with van der Waals surface area (Å²) in [5, 5.41) is 0. The molecule has 0 saturated carbocycles. The zero-order chi connectivity index (χ0) is 30.3. The molecule has 6 aromatic carbocycles. The fourth-order valence-electron chi connectivity index (χ4n) is 4.16. The molecule has 0 bridgehead atoms. The van der Waals surface area contributed by atoms with Gasteiger partial charge in [-0.05, 0) is 72.8 Å². The lowest BCUT2D eigenvalue weighted by atomic mass is 10.4. The predicted molar refractivity (Wildman–Crippen MR) is 175 cm³/mol.